The summed E-state index contributed by atoms with van der Waals surface area (Å²) in [5.41, 5.74) is -0.686. The number of hydrogen-bond acceptors (Lipinski definition) is 7. The fourth-order valence-corrected chi connectivity index (χ4v) is 2.22. The Morgan fingerprint density at radius 3 is 2.16 bits per heavy atom. The third kappa shape index (κ3) is 3.92. The van der Waals surface area contributed by atoms with Crippen molar-refractivity contribution in [1.29, 1.82) is 0 Å². The summed E-state index contributed by atoms with van der Waals surface area (Å²) in [6, 6.07) is 6.43. The van der Waals surface area contributed by atoms with Crippen LogP contribution in [0.2, 0.25) is 0 Å². The van der Waals surface area contributed by atoms with Crippen LogP contribution in [0.1, 0.15) is 36.7 Å². The standard InChI is InChI=1S/C17H16N2O6/c1-8(18-11-4-6-12(7-5-11)19-10(3)21)13-15(22)14(9(2)20)17(24)25-16(13)23/h4-7,22,24H,1-3H3,(H,19,21). The Labute approximate surface area is 142 Å². The van der Waals surface area contributed by atoms with Crippen molar-refractivity contribution in [2.45, 2.75) is 20.8 Å². The number of nitrogens with zero attached hydrogens (tertiary/aromatic N) is 1. The Morgan fingerprint density at radius 1 is 1.04 bits per heavy atom. The average molecular weight is 344 g/mol. The molecule has 1 aromatic carbocycles. The van der Waals surface area contributed by atoms with Crippen molar-refractivity contribution in [1.82, 2.24) is 0 Å². The lowest BCUT2D eigenvalue weighted by atomic mass is 10.1. The lowest BCUT2D eigenvalue weighted by Gasteiger charge is -2.08. The number of carbonyl (C=O) groups is 2. The van der Waals surface area contributed by atoms with Gasteiger partial charge in [0.15, 0.2) is 5.78 Å². The highest BCUT2D eigenvalue weighted by molar-refractivity contribution is 6.07. The number of nitrogens with one attached hydrogen (secondary N) is 1. The van der Waals surface area contributed by atoms with Crippen molar-refractivity contribution in [3.05, 3.63) is 45.8 Å². The smallest absolute Gasteiger partial charge is 0.351 e. The molecule has 8 nitrogen and oxygen atoms in total. The molecular weight excluding hydrogens is 328 g/mol. The Hall–Kier alpha value is -3.42. The molecule has 130 valence electrons. The maximum Gasteiger partial charge on any atom is 0.351 e. The molecule has 8 heteroatoms. The van der Waals surface area contributed by atoms with Crippen LogP contribution < -0.4 is 10.9 Å². The van der Waals surface area contributed by atoms with Crippen LogP contribution in [-0.2, 0) is 4.79 Å². The van der Waals surface area contributed by atoms with Gasteiger partial charge in [-0.3, -0.25) is 14.6 Å². The minimum absolute atomic E-state index is 0.0982. The number of ketones is 1. The zero-order chi connectivity index (χ0) is 18.7. The van der Waals surface area contributed by atoms with Crippen molar-refractivity contribution in [3.8, 4) is 11.7 Å². The minimum Gasteiger partial charge on any atom is -0.506 e. The largest absolute Gasteiger partial charge is 0.506 e. The summed E-state index contributed by atoms with van der Waals surface area (Å²) in [4.78, 5) is 38.6. The summed E-state index contributed by atoms with van der Waals surface area (Å²) in [5, 5.41) is 22.3. The molecule has 0 spiro atoms. The van der Waals surface area contributed by atoms with Crippen LogP contribution in [0, 0.1) is 0 Å². The van der Waals surface area contributed by atoms with Gasteiger partial charge < -0.3 is 19.9 Å². The van der Waals surface area contributed by atoms with Gasteiger partial charge in [0.05, 0.1) is 11.4 Å². The van der Waals surface area contributed by atoms with E-state index in [-0.39, 0.29) is 17.2 Å². The van der Waals surface area contributed by atoms with Gasteiger partial charge in [-0.2, -0.15) is 0 Å². The normalized spacial score (nSPS) is 11.2. The molecule has 0 aliphatic heterocycles. The van der Waals surface area contributed by atoms with E-state index in [4.69, 9.17) is 0 Å². The summed E-state index contributed by atoms with van der Waals surface area (Å²) in [6.07, 6.45) is 0. The van der Waals surface area contributed by atoms with Crippen LogP contribution >= 0.6 is 0 Å². The third-order valence-electron chi connectivity index (χ3n) is 3.28. The minimum atomic E-state index is -1.02. The predicted molar refractivity (Wildman–Crippen MR) is 90.9 cm³/mol. The molecule has 0 saturated carbocycles. The van der Waals surface area contributed by atoms with Crippen molar-refractivity contribution in [2.75, 3.05) is 5.32 Å². The summed E-state index contributed by atoms with van der Waals surface area (Å²) in [5.74, 6) is -2.49. The number of hydrogen-bond donors (Lipinski definition) is 3. The van der Waals surface area contributed by atoms with Crippen LogP contribution in [0.15, 0.2) is 38.5 Å². The van der Waals surface area contributed by atoms with E-state index in [0.29, 0.717) is 11.4 Å². The lowest BCUT2D eigenvalue weighted by Crippen LogP contribution is -2.15. The van der Waals surface area contributed by atoms with Gasteiger partial charge in [0.1, 0.15) is 16.9 Å². The molecule has 0 fully saturated rings. The van der Waals surface area contributed by atoms with Gasteiger partial charge in [-0.05, 0) is 38.1 Å². The Balaban J connectivity index is 2.47. The van der Waals surface area contributed by atoms with E-state index < -0.39 is 28.7 Å². The lowest BCUT2D eigenvalue weighted by molar-refractivity contribution is -0.114. The predicted octanol–water partition coefficient (Wildman–Crippen LogP) is 2.35. The number of anilines is 1. The highest BCUT2D eigenvalue weighted by Crippen LogP contribution is 2.29. The second-order valence-corrected chi connectivity index (χ2v) is 5.27. The van der Waals surface area contributed by atoms with Crippen molar-refractivity contribution in [3.63, 3.8) is 0 Å². The van der Waals surface area contributed by atoms with Gasteiger partial charge in [0.2, 0.25) is 5.91 Å². The molecule has 1 heterocycles. The molecule has 0 aliphatic rings. The van der Waals surface area contributed by atoms with Crippen LogP contribution in [-0.4, -0.2) is 27.6 Å². The van der Waals surface area contributed by atoms with Gasteiger partial charge in [-0.1, -0.05) is 0 Å². The van der Waals surface area contributed by atoms with Crippen LogP contribution in [0.25, 0.3) is 0 Å². The van der Waals surface area contributed by atoms with Crippen LogP contribution in [0.5, 0.6) is 11.7 Å². The number of Topliss-reactive ketones (excluding diaryl/α,β-unsaturated/α-hetero) is 1. The highest BCUT2D eigenvalue weighted by Gasteiger charge is 2.23. The molecule has 0 aliphatic carbocycles. The monoisotopic (exact) mass is 344 g/mol. The molecule has 0 unspecified atom stereocenters. The van der Waals surface area contributed by atoms with E-state index in [9.17, 15) is 24.6 Å². The first kappa shape index (κ1) is 17.9. The molecule has 0 bridgehead atoms. The van der Waals surface area contributed by atoms with Gasteiger partial charge >= 0.3 is 5.63 Å². The Bertz CT molecular complexity index is 925. The molecule has 1 amide bonds. The summed E-state index contributed by atoms with van der Waals surface area (Å²) < 4.78 is 4.59. The summed E-state index contributed by atoms with van der Waals surface area (Å²) >= 11 is 0. The highest BCUT2D eigenvalue weighted by atomic mass is 16.5. The molecule has 2 aromatic rings. The van der Waals surface area contributed by atoms with Crippen molar-refractivity contribution < 1.29 is 24.2 Å². The van der Waals surface area contributed by atoms with Gasteiger partial charge in [-0.15, -0.1) is 0 Å². The summed E-state index contributed by atoms with van der Waals surface area (Å²) in [7, 11) is 0. The van der Waals surface area contributed by atoms with Crippen molar-refractivity contribution >= 4 is 28.8 Å². The van der Waals surface area contributed by atoms with E-state index in [1.54, 1.807) is 24.3 Å². The maximum absolute atomic E-state index is 11.9. The second kappa shape index (κ2) is 7.00. The van der Waals surface area contributed by atoms with Crippen LogP contribution in [0.3, 0.4) is 0 Å². The molecule has 0 atom stereocenters. The quantitative estimate of drug-likeness (QED) is 0.577. The first-order chi connectivity index (χ1) is 11.7. The van der Waals surface area contributed by atoms with E-state index >= 15 is 0 Å². The molecule has 3 N–H and O–H groups in total. The average Bonchev–Trinajstić information content (AvgIpc) is 2.47. The molecule has 1 aromatic heterocycles. The van der Waals surface area contributed by atoms with Crippen LogP contribution in [0.4, 0.5) is 11.4 Å². The number of aliphatic imine (C=N–C) groups is 1. The van der Waals surface area contributed by atoms with E-state index in [0.717, 1.165) is 6.92 Å². The van der Waals surface area contributed by atoms with Gasteiger partial charge in [0, 0.05) is 12.6 Å². The zero-order valence-electron chi connectivity index (χ0n) is 13.8. The number of benzene rings is 1. The Kier molecular flexibility index (Phi) is 5.02. The SMILES string of the molecule is CC(=O)Nc1ccc(N=C(C)c2c(O)c(C(C)=O)c(O)oc2=O)cc1. The van der Waals surface area contributed by atoms with E-state index in [1.807, 2.05) is 0 Å². The van der Waals surface area contributed by atoms with Crippen molar-refractivity contribution in [2.24, 2.45) is 4.99 Å². The third-order valence-corrected chi connectivity index (χ3v) is 3.28. The van der Waals surface area contributed by atoms with E-state index in [2.05, 4.69) is 14.7 Å². The summed E-state index contributed by atoms with van der Waals surface area (Å²) in [6.45, 7) is 3.95. The fourth-order valence-electron chi connectivity index (χ4n) is 2.22. The first-order valence-corrected chi connectivity index (χ1v) is 7.24. The Morgan fingerprint density at radius 2 is 1.64 bits per heavy atom. The molecule has 25 heavy (non-hydrogen) atoms. The number of aromatic hydroxyl groups is 2. The number of carbonyl (C=O) groups excluding carboxylic acids is 2. The molecule has 2 rings (SSSR count). The second-order valence-electron chi connectivity index (χ2n) is 5.27. The van der Waals surface area contributed by atoms with Gasteiger partial charge in [0.25, 0.3) is 5.95 Å². The first-order valence-electron chi connectivity index (χ1n) is 7.24. The van der Waals surface area contributed by atoms with E-state index in [1.165, 1.54) is 13.8 Å². The number of rotatable bonds is 4. The topological polar surface area (TPSA) is 129 Å². The fraction of sp³-hybridized carbons (Fsp3) is 0.176. The van der Waals surface area contributed by atoms with Gasteiger partial charge in [-0.25, -0.2) is 4.79 Å². The molecule has 0 radical (unpaired) electrons. The molecule has 0 saturated heterocycles. The number of amides is 1. The zero-order valence-corrected chi connectivity index (χ0v) is 13.8. The molecular formula is C17H16N2O6. The maximum atomic E-state index is 11.9.